The van der Waals surface area contributed by atoms with Crippen LogP contribution in [-0.4, -0.2) is 24.5 Å². The molecule has 0 aliphatic carbocycles. The normalized spacial score (nSPS) is 11.9. The van der Waals surface area contributed by atoms with Crippen molar-refractivity contribution in [2.45, 2.75) is 54.4 Å². The van der Waals surface area contributed by atoms with Crippen LogP contribution in [0.15, 0.2) is 0 Å². The summed E-state index contributed by atoms with van der Waals surface area (Å²) < 4.78 is 9.52. The highest BCUT2D eigenvalue weighted by atomic mass is 16.7. The summed E-state index contributed by atoms with van der Waals surface area (Å²) in [5.74, 6) is -0.985. The van der Waals surface area contributed by atoms with Crippen molar-refractivity contribution in [3.8, 4) is 0 Å². The van der Waals surface area contributed by atoms with Crippen molar-refractivity contribution < 1.29 is 23.9 Å². The molecule has 5 nitrogen and oxygen atoms in total. The predicted octanol–water partition coefficient (Wildman–Crippen LogP) is 2.47. The maximum Gasteiger partial charge on any atom is 0.314 e. The number of Topliss-reactive ketones (excluding diaryl/α,β-unsaturated/α-hetero) is 1. The first kappa shape index (κ1) is 17.6. The molecule has 0 fully saturated rings. The SMILES string of the molecule is CC(C)(C)C(=O)CCC(=O)OCOC(=O)C(C)(C)C. The van der Waals surface area contributed by atoms with Gasteiger partial charge in [0.1, 0.15) is 5.78 Å². The summed E-state index contributed by atoms with van der Waals surface area (Å²) in [7, 11) is 0. The van der Waals surface area contributed by atoms with Crippen molar-refractivity contribution in [2.75, 3.05) is 6.79 Å². The molecule has 0 saturated heterocycles. The zero-order chi connectivity index (χ0) is 15.3. The molecule has 5 heteroatoms. The Balaban J connectivity index is 3.90. The highest BCUT2D eigenvalue weighted by molar-refractivity contribution is 5.86. The van der Waals surface area contributed by atoms with E-state index in [1.165, 1.54) is 0 Å². The molecule has 0 aliphatic rings. The Morgan fingerprint density at radius 1 is 0.789 bits per heavy atom. The van der Waals surface area contributed by atoms with E-state index >= 15 is 0 Å². The maximum absolute atomic E-state index is 11.6. The summed E-state index contributed by atoms with van der Waals surface area (Å²) in [6, 6.07) is 0. The van der Waals surface area contributed by atoms with Crippen molar-refractivity contribution in [3.05, 3.63) is 0 Å². The molecular weight excluding hydrogens is 248 g/mol. The Bertz CT molecular complexity index is 344. The minimum atomic E-state index is -0.630. The lowest BCUT2D eigenvalue weighted by molar-refractivity contribution is -0.173. The molecule has 0 spiro atoms. The van der Waals surface area contributed by atoms with E-state index in [4.69, 9.17) is 9.47 Å². The van der Waals surface area contributed by atoms with Gasteiger partial charge in [0.2, 0.25) is 6.79 Å². The maximum atomic E-state index is 11.6. The number of esters is 2. The van der Waals surface area contributed by atoms with Crippen molar-refractivity contribution in [2.24, 2.45) is 10.8 Å². The number of carbonyl (C=O) groups is 3. The fourth-order valence-corrected chi connectivity index (χ4v) is 1.03. The molecule has 0 aromatic heterocycles. The van der Waals surface area contributed by atoms with Crippen molar-refractivity contribution in [3.63, 3.8) is 0 Å². The first-order valence-electron chi connectivity index (χ1n) is 6.31. The van der Waals surface area contributed by atoms with Gasteiger partial charge in [0, 0.05) is 11.8 Å². The van der Waals surface area contributed by atoms with Crippen LogP contribution in [-0.2, 0) is 23.9 Å². The molecule has 0 heterocycles. The lowest BCUT2D eigenvalue weighted by Crippen LogP contribution is -2.25. The van der Waals surface area contributed by atoms with E-state index in [2.05, 4.69) is 0 Å². The largest absolute Gasteiger partial charge is 0.428 e. The fourth-order valence-electron chi connectivity index (χ4n) is 1.03. The van der Waals surface area contributed by atoms with Crippen molar-refractivity contribution in [1.82, 2.24) is 0 Å². The van der Waals surface area contributed by atoms with Gasteiger partial charge in [0.25, 0.3) is 0 Å². The smallest absolute Gasteiger partial charge is 0.314 e. The van der Waals surface area contributed by atoms with E-state index in [0.29, 0.717) is 0 Å². The molecule has 0 aliphatic heterocycles. The van der Waals surface area contributed by atoms with Crippen LogP contribution in [0.3, 0.4) is 0 Å². The quantitative estimate of drug-likeness (QED) is 0.568. The Hall–Kier alpha value is -1.39. The summed E-state index contributed by atoms with van der Waals surface area (Å²) in [6.45, 7) is 10.1. The Kier molecular flexibility index (Phi) is 6.19. The first-order chi connectivity index (χ1) is 8.44. The lowest BCUT2D eigenvalue weighted by atomic mass is 9.88. The molecule has 0 rings (SSSR count). The number of carbonyl (C=O) groups excluding carboxylic acids is 3. The van der Waals surface area contributed by atoms with Gasteiger partial charge in [0.15, 0.2) is 0 Å². The van der Waals surface area contributed by atoms with Gasteiger partial charge < -0.3 is 9.47 Å². The number of hydrogen-bond acceptors (Lipinski definition) is 5. The van der Waals surface area contributed by atoms with E-state index in [1.54, 1.807) is 41.5 Å². The molecule has 0 N–H and O–H groups in total. The van der Waals surface area contributed by atoms with Gasteiger partial charge in [-0.15, -0.1) is 0 Å². The Labute approximate surface area is 114 Å². The van der Waals surface area contributed by atoms with Crippen LogP contribution in [0, 0.1) is 10.8 Å². The zero-order valence-electron chi connectivity index (χ0n) is 12.7. The van der Waals surface area contributed by atoms with E-state index in [0.717, 1.165) is 0 Å². The molecule has 0 atom stereocenters. The average molecular weight is 272 g/mol. The van der Waals surface area contributed by atoms with Crippen molar-refractivity contribution >= 4 is 17.7 Å². The van der Waals surface area contributed by atoms with Gasteiger partial charge in [-0.1, -0.05) is 20.8 Å². The number of hydrogen-bond donors (Lipinski definition) is 0. The zero-order valence-corrected chi connectivity index (χ0v) is 12.7. The predicted molar refractivity (Wildman–Crippen MR) is 70.2 cm³/mol. The minimum absolute atomic E-state index is 0.00315. The van der Waals surface area contributed by atoms with E-state index in [-0.39, 0.29) is 18.6 Å². The molecule has 0 aromatic rings. The molecule has 19 heavy (non-hydrogen) atoms. The van der Waals surface area contributed by atoms with Gasteiger partial charge in [0.05, 0.1) is 11.8 Å². The first-order valence-corrected chi connectivity index (χ1v) is 6.31. The Morgan fingerprint density at radius 3 is 1.74 bits per heavy atom. The molecule has 0 saturated carbocycles. The van der Waals surface area contributed by atoms with Gasteiger partial charge >= 0.3 is 11.9 Å². The van der Waals surface area contributed by atoms with E-state index in [9.17, 15) is 14.4 Å². The third-order valence-corrected chi connectivity index (χ3v) is 2.42. The second kappa shape index (κ2) is 6.68. The van der Waals surface area contributed by atoms with Crippen LogP contribution in [0.4, 0.5) is 0 Å². The third-order valence-electron chi connectivity index (χ3n) is 2.42. The highest BCUT2D eigenvalue weighted by Gasteiger charge is 2.24. The summed E-state index contributed by atoms with van der Waals surface area (Å²) >= 11 is 0. The summed E-state index contributed by atoms with van der Waals surface area (Å²) in [5, 5.41) is 0. The number of ether oxygens (including phenoxy) is 2. The van der Waals surface area contributed by atoms with Gasteiger partial charge in [-0.2, -0.15) is 0 Å². The van der Waals surface area contributed by atoms with Gasteiger partial charge in [-0.3, -0.25) is 14.4 Å². The topological polar surface area (TPSA) is 69.7 Å². The van der Waals surface area contributed by atoms with Crippen LogP contribution in [0.25, 0.3) is 0 Å². The molecule has 0 aromatic carbocycles. The third kappa shape index (κ3) is 7.59. The number of rotatable bonds is 5. The van der Waals surface area contributed by atoms with E-state index in [1.807, 2.05) is 0 Å². The Morgan fingerprint density at radius 2 is 1.32 bits per heavy atom. The molecule has 110 valence electrons. The average Bonchev–Trinajstić information content (AvgIpc) is 2.22. The number of ketones is 1. The second-order valence-electron chi connectivity index (χ2n) is 6.49. The minimum Gasteiger partial charge on any atom is -0.428 e. The van der Waals surface area contributed by atoms with Crippen LogP contribution in [0.5, 0.6) is 0 Å². The standard InChI is InChI=1S/C14H24O5/c1-13(2,3)10(15)7-8-11(16)18-9-19-12(17)14(4,5)6/h7-9H2,1-6H3. The van der Waals surface area contributed by atoms with Gasteiger partial charge in [-0.05, 0) is 20.8 Å². The van der Waals surface area contributed by atoms with Crippen LogP contribution >= 0.6 is 0 Å². The molecular formula is C14H24O5. The molecule has 0 radical (unpaired) electrons. The van der Waals surface area contributed by atoms with E-state index < -0.39 is 29.6 Å². The monoisotopic (exact) mass is 272 g/mol. The van der Waals surface area contributed by atoms with Crippen molar-refractivity contribution in [1.29, 1.82) is 0 Å². The van der Waals surface area contributed by atoms with Crippen LogP contribution in [0.1, 0.15) is 54.4 Å². The molecule has 0 unspecified atom stereocenters. The fraction of sp³-hybridized carbons (Fsp3) is 0.786. The lowest BCUT2D eigenvalue weighted by Gasteiger charge is -2.17. The van der Waals surface area contributed by atoms with Crippen LogP contribution < -0.4 is 0 Å². The van der Waals surface area contributed by atoms with Gasteiger partial charge in [-0.25, -0.2) is 0 Å². The highest BCUT2D eigenvalue weighted by Crippen LogP contribution is 2.18. The summed E-state index contributed by atoms with van der Waals surface area (Å²) in [4.78, 5) is 34.3. The second-order valence-corrected chi connectivity index (χ2v) is 6.49. The summed E-state index contributed by atoms with van der Waals surface area (Å²) in [6.07, 6.45) is 0.138. The van der Waals surface area contributed by atoms with Crippen LogP contribution in [0.2, 0.25) is 0 Å². The summed E-state index contributed by atoms with van der Waals surface area (Å²) in [5.41, 5.74) is -1.09. The molecule has 0 amide bonds. The molecule has 0 bridgehead atoms.